The molecular formula is C16H17F2NO. The lowest BCUT2D eigenvalue weighted by atomic mass is 9.97. The summed E-state index contributed by atoms with van der Waals surface area (Å²) < 4.78 is 32.5. The van der Waals surface area contributed by atoms with Crippen molar-refractivity contribution >= 4 is 0 Å². The highest BCUT2D eigenvalue weighted by Crippen LogP contribution is 2.32. The van der Waals surface area contributed by atoms with Crippen molar-refractivity contribution in [2.45, 2.75) is 13.0 Å². The van der Waals surface area contributed by atoms with Gasteiger partial charge >= 0.3 is 0 Å². The number of ether oxygens (including phenoxy) is 1. The first-order valence-electron chi connectivity index (χ1n) is 6.48. The second kappa shape index (κ2) is 6.48. The summed E-state index contributed by atoms with van der Waals surface area (Å²) in [4.78, 5) is 0. The summed E-state index contributed by atoms with van der Waals surface area (Å²) in [6.07, 6.45) is 0. The van der Waals surface area contributed by atoms with Gasteiger partial charge in [-0.3, -0.25) is 0 Å². The fraction of sp³-hybridized carbons (Fsp3) is 0.250. The number of hydrogen-bond donors (Lipinski definition) is 1. The number of nitrogens with one attached hydrogen (secondary N) is 1. The molecule has 0 radical (unpaired) electrons. The molecule has 1 atom stereocenters. The molecular weight excluding hydrogens is 260 g/mol. The van der Waals surface area contributed by atoms with Gasteiger partial charge in [0.1, 0.15) is 17.4 Å². The van der Waals surface area contributed by atoms with Crippen LogP contribution in [-0.2, 0) is 0 Å². The second-order valence-corrected chi connectivity index (χ2v) is 4.40. The molecule has 1 unspecified atom stereocenters. The van der Waals surface area contributed by atoms with Crippen molar-refractivity contribution < 1.29 is 13.5 Å². The third-order valence-electron chi connectivity index (χ3n) is 3.13. The molecule has 20 heavy (non-hydrogen) atoms. The second-order valence-electron chi connectivity index (χ2n) is 4.40. The smallest absolute Gasteiger partial charge is 0.132 e. The van der Waals surface area contributed by atoms with E-state index in [0.29, 0.717) is 17.9 Å². The predicted octanol–water partition coefficient (Wildman–Crippen LogP) is 3.67. The minimum Gasteiger partial charge on any atom is -0.496 e. The van der Waals surface area contributed by atoms with Crippen molar-refractivity contribution in [3.05, 3.63) is 65.2 Å². The van der Waals surface area contributed by atoms with E-state index in [0.717, 1.165) is 5.56 Å². The molecule has 0 aliphatic carbocycles. The number of methoxy groups -OCH3 is 1. The monoisotopic (exact) mass is 277 g/mol. The molecule has 0 saturated heterocycles. The molecule has 2 rings (SSSR count). The van der Waals surface area contributed by atoms with Crippen LogP contribution in [-0.4, -0.2) is 13.7 Å². The molecule has 0 bridgehead atoms. The molecule has 4 heteroatoms. The highest BCUT2D eigenvalue weighted by Gasteiger charge is 2.21. The van der Waals surface area contributed by atoms with Crippen molar-refractivity contribution in [3.63, 3.8) is 0 Å². The van der Waals surface area contributed by atoms with E-state index in [-0.39, 0.29) is 17.7 Å². The Morgan fingerprint density at radius 2 is 1.80 bits per heavy atom. The van der Waals surface area contributed by atoms with Crippen molar-refractivity contribution in [1.29, 1.82) is 0 Å². The highest BCUT2D eigenvalue weighted by atomic mass is 19.1. The molecule has 1 N–H and O–H groups in total. The van der Waals surface area contributed by atoms with E-state index in [1.54, 1.807) is 24.3 Å². The summed E-state index contributed by atoms with van der Waals surface area (Å²) in [5, 5.41) is 3.21. The summed E-state index contributed by atoms with van der Waals surface area (Å²) in [6.45, 7) is 2.59. The van der Waals surface area contributed by atoms with Crippen LogP contribution in [0.1, 0.15) is 24.1 Å². The first-order chi connectivity index (χ1) is 9.67. The fourth-order valence-corrected chi connectivity index (χ4v) is 2.22. The Bertz CT molecular complexity index is 569. The molecule has 0 aliphatic rings. The van der Waals surface area contributed by atoms with Crippen LogP contribution in [0.25, 0.3) is 0 Å². The van der Waals surface area contributed by atoms with Gasteiger partial charge in [-0.05, 0) is 36.4 Å². The lowest BCUT2D eigenvalue weighted by Gasteiger charge is -2.21. The van der Waals surface area contributed by atoms with Gasteiger partial charge in [0.15, 0.2) is 0 Å². The van der Waals surface area contributed by atoms with Crippen LogP contribution in [0.15, 0.2) is 42.5 Å². The lowest BCUT2D eigenvalue weighted by molar-refractivity contribution is 0.397. The van der Waals surface area contributed by atoms with Gasteiger partial charge < -0.3 is 10.1 Å². The molecule has 0 spiro atoms. The molecule has 0 heterocycles. The molecule has 2 aromatic rings. The van der Waals surface area contributed by atoms with Crippen molar-refractivity contribution in [2.75, 3.05) is 13.7 Å². The summed E-state index contributed by atoms with van der Waals surface area (Å²) in [6, 6.07) is 10.4. The van der Waals surface area contributed by atoms with Gasteiger partial charge in [0, 0.05) is 0 Å². The largest absolute Gasteiger partial charge is 0.496 e. The normalized spacial score (nSPS) is 12.2. The van der Waals surface area contributed by atoms with Gasteiger partial charge in [0.2, 0.25) is 0 Å². The zero-order valence-electron chi connectivity index (χ0n) is 11.5. The zero-order valence-corrected chi connectivity index (χ0v) is 11.5. The molecule has 2 nitrogen and oxygen atoms in total. The van der Waals surface area contributed by atoms with E-state index in [9.17, 15) is 8.78 Å². The molecule has 0 aromatic heterocycles. The van der Waals surface area contributed by atoms with Gasteiger partial charge in [-0.25, -0.2) is 8.78 Å². The average molecular weight is 277 g/mol. The summed E-state index contributed by atoms with van der Waals surface area (Å²) in [7, 11) is 1.51. The van der Waals surface area contributed by atoms with Gasteiger partial charge in [-0.1, -0.05) is 25.1 Å². The Labute approximate surface area is 117 Å². The van der Waals surface area contributed by atoms with E-state index in [4.69, 9.17) is 4.74 Å². The maximum absolute atomic E-state index is 14.2. The number of halogens is 2. The van der Waals surface area contributed by atoms with E-state index < -0.39 is 0 Å². The molecule has 106 valence electrons. The fourth-order valence-electron chi connectivity index (χ4n) is 2.22. The number of benzene rings is 2. The Kier molecular flexibility index (Phi) is 4.69. The van der Waals surface area contributed by atoms with Gasteiger partial charge in [-0.15, -0.1) is 0 Å². The Balaban J connectivity index is 2.51. The highest BCUT2D eigenvalue weighted by molar-refractivity contribution is 5.42. The number of hydrogen-bond acceptors (Lipinski definition) is 2. The van der Waals surface area contributed by atoms with Crippen LogP contribution >= 0.6 is 0 Å². The molecule has 0 amide bonds. The van der Waals surface area contributed by atoms with Crippen molar-refractivity contribution in [3.8, 4) is 5.75 Å². The van der Waals surface area contributed by atoms with E-state index in [2.05, 4.69) is 5.32 Å². The Hall–Kier alpha value is -1.94. The first kappa shape index (κ1) is 14.5. The predicted molar refractivity (Wildman–Crippen MR) is 74.9 cm³/mol. The third-order valence-corrected chi connectivity index (χ3v) is 3.13. The molecule has 2 aromatic carbocycles. The quantitative estimate of drug-likeness (QED) is 0.900. The van der Waals surface area contributed by atoms with Gasteiger partial charge in [0.25, 0.3) is 0 Å². The molecule has 0 saturated carbocycles. The van der Waals surface area contributed by atoms with Gasteiger partial charge in [-0.2, -0.15) is 0 Å². The van der Waals surface area contributed by atoms with Crippen LogP contribution in [0.2, 0.25) is 0 Å². The summed E-state index contributed by atoms with van der Waals surface area (Å²) in [5.74, 6) is -0.190. The topological polar surface area (TPSA) is 21.3 Å². The van der Waals surface area contributed by atoms with Crippen LogP contribution in [0.3, 0.4) is 0 Å². The molecule has 0 fully saturated rings. The molecule has 0 aliphatic heterocycles. The van der Waals surface area contributed by atoms with Crippen LogP contribution in [0, 0.1) is 11.6 Å². The minimum atomic E-state index is -0.378. The maximum Gasteiger partial charge on any atom is 0.132 e. The first-order valence-corrected chi connectivity index (χ1v) is 6.48. The van der Waals surface area contributed by atoms with Crippen LogP contribution < -0.4 is 10.1 Å². The maximum atomic E-state index is 14.2. The Morgan fingerprint density at radius 1 is 1.10 bits per heavy atom. The minimum absolute atomic E-state index is 0.315. The zero-order chi connectivity index (χ0) is 14.5. The standard InChI is InChI=1S/C16H17F2NO/c1-3-19-16(11-7-9-12(17)10-8-11)15-13(18)5-4-6-14(15)20-2/h4-10,16,19H,3H2,1-2H3. The van der Waals surface area contributed by atoms with Crippen molar-refractivity contribution in [2.24, 2.45) is 0 Å². The van der Waals surface area contributed by atoms with Crippen LogP contribution in [0.5, 0.6) is 5.75 Å². The van der Waals surface area contributed by atoms with Crippen LogP contribution in [0.4, 0.5) is 8.78 Å². The van der Waals surface area contributed by atoms with E-state index >= 15 is 0 Å². The lowest BCUT2D eigenvalue weighted by Crippen LogP contribution is -2.23. The summed E-state index contributed by atoms with van der Waals surface area (Å²) in [5.41, 5.74) is 1.22. The van der Waals surface area contributed by atoms with E-state index in [1.165, 1.54) is 25.3 Å². The Morgan fingerprint density at radius 3 is 2.40 bits per heavy atom. The van der Waals surface area contributed by atoms with E-state index in [1.807, 2.05) is 6.92 Å². The summed E-state index contributed by atoms with van der Waals surface area (Å²) >= 11 is 0. The average Bonchev–Trinajstić information content (AvgIpc) is 2.46. The van der Waals surface area contributed by atoms with Crippen molar-refractivity contribution in [1.82, 2.24) is 5.32 Å². The van der Waals surface area contributed by atoms with Gasteiger partial charge in [0.05, 0.1) is 18.7 Å². The third kappa shape index (κ3) is 2.96. The number of rotatable bonds is 5. The SMILES string of the molecule is CCNC(c1ccc(F)cc1)c1c(F)cccc1OC.